The first kappa shape index (κ1) is 17.1. The molecule has 5 heteroatoms. The standard InChI is InChI=1S/C20H21N3O2/c21-11-17-8-9-19(22-12-17)20(24)25-15-18-7-4-10-23(14-18)13-16-5-2-1-3-6-16/h1-3,5-6,8-9,12,18H,4,7,10,13-15H2/t18-/m1/s1. The third-order valence-electron chi connectivity index (χ3n) is 4.40. The molecule has 128 valence electrons. The summed E-state index contributed by atoms with van der Waals surface area (Å²) >= 11 is 0. The van der Waals surface area contributed by atoms with Gasteiger partial charge in [0.15, 0.2) is 0 Å². The van der Waals surface area contributed by atoms with Crippen molar-refractivity contribution in [2.45, 2.75) is 19.4 Å². The molecule has 0 spiro atoms. The molecular weight excluding hydrogens is 314 g/mol. The molecule has 1 fully saturated rings. The van der Waals surface area contributed by atoms with E-state index in [2.05, 4.69) is 34.1 Å². The zero-order valence-corrected chi connectivity index (χ0v) is 14.1. The van der Waals surface area contributed by atoms with Gasteiger partial charge in [-0.3, -0.25) is 4.90 Å². The minimum absolute atomic E-state index is 0.246. The lowest BCUT2D eigenvalue weighted by Crippen LogP contribution is -2.37. The Morgan fingerprint density at radius 2 is 2.12 bits per heavy atom. The topological polar surface area (TPSA) is 66.2 Å². The van der Waals surface area contributed by atoms with Crippen LogP contribution in [0.25, 0.3) is 0 Å². The van der Waals surface area contributed by atoms with E-state index in [4.69, 9.17) is 10.00 Å². The van der Waals surface area contributed by atoms with Crippen LogP contribution in [0.15, 0.2) is 48.7 Å². The summed E-state index contributed by atoms with van der Waals surface area (Å²) in [6, 6.07) is 15.5. The number of rotatable bonds is 5. The van der Waals surface area contributed by atoms with Crippen LogP contribution in [0.3, 0.4) is 0 Å². The Balaban J connectivity index is 1.49. The number of carbonyl (C=O) groups is 1. The van der Waals surface area contributed by atoms with E-state index in [1.807, 2.05) is 12.1 Å². The van der Waals surface area contributed by atoms with Crippen molar-refractivity contribution in [2.24, 2.45) is 5.92 Å². The van der Waals surface area contributed by atoms with Gasteiger partial charge in [0.05, 0.1) is 12.2 Å². The Morgan fingerprint density at radius 1 is 1.28 bits per heavy atom. The van der Waals surface area contributed by atoms with Gasteiger partial charge in [0.25, 0.3) is 0 Å². The molecule has 0 saturated carbocycles. The number of carbonyl (C=O) groups excluding carboxylic acids is 1. The molecule has 5 nitrogen and oxygen atoms in total. The van der Waals surface area contributed by atoms with Gasteiger partial charge in [0.2, 0.25) is 0 Å². The molecule has 0 aliphatic carbocycles. The molecule has 1 aromatic carbocycles. The summed E-state index contributed by atoms with van der Waals surface area (Å²) in [7, 11) is 0. The van der Waals surface area contributed by atoms with E-state index < -0.39 is 5.97 Å². The van der Waals surface area contributed by atoms with Crippen molar-refractivity contribution in [2.75, 3.05) is 19.7 Å². The van der Waals surface area contributed by atoms with Crippen LogP contribution in [0.1, 0.15) is 34.5 Å². The minimum atomic E-state index is -0.426. The Hall–Kier alpha value is -2.71. The monoisotopic (exact) mass is 335 g/mol. The van der Waals surface area contributed by atoms with Crippen LogP contribution >= 0.6 is 0 Å². The van der Waals surface area contributed by atoms with Crippen molar-refractivity contribution in [3.8, 4) is 6.07 Å². The third-order valence-corrected chi connectivity index (χ3v) is 4.40. The Kier molecular flexibility index (Phi) is 5.76. The predicted octanol–water partition coefficient (Wildman–Crippen LogP) is 3.02. The Bertz CT molecular complexity index is 738. The van der Waals surface area contributed by atoms with Gasteiger partial charge < -0.3 is 4.74 Å². The van der Waals surface area contributed by atoms with Crippen molar-refractivity contribution >= 4 is 5.97 Å². The fraction of sp³-hybridized carbons (Fsp3) is 0.350. The zero-order chi connectivity index (χ0) is 17.5. The van der Waals surface area contributed by atoms with Crippen molar-refractivity contribution in [1.29, 1.82) is 5.26 Å². The molecule has 0 N–H and O–H groups in total. The van der Waals surface area contributed by atoms with Crippen molar-refractivity contribution in [3.63, 3.8) is 0 Å². The van der Waals surface area contributed by atoms with Crippen LogP contribution < -0.4 is 0 Å². The van der Waals surface area contributed by atoms with Crippen molar-refractivity contribution in [1.82, 2.24) is 9.88 Å². The second kappa shape index (κ2) is 8.41. The van der Waals surface area contributed by atoms with E-state index in [0.717, 1.165) is 32.5 Å². The first-order valence-electron chi connectivity index (χ1n) is 8.54. The molecule has 3 rings (SSSR count). The van der Waals surface area contributed by atoms with Crippen LogP contribution in [0.2, 0.25) is 0 Å². The van der Waals surface area contributed by atoms with Crippen LogP contribution in [0.5, 0.6) is 0 Å². The highest BCUT2D eigenvalue weighted by Gasteiger charge is 2.22. The van der Waals surface area contributed by atoms with Gasteiger partial charge in [0.1, 0.15) is 11.8 Å². The number of esters is 1. The first-order chi connectivity index (χ1) is 12.2. The maximum absolute atomic E-state index is 12.1. The van der Waals surface area contributed by atoms with E-state index in [1.165, 1.54) is 17.8 Å². The normalized spacial score (nSPS) is 17.6. The van der Waals surface area contributed by atoms with Crippen LogP contribution in [-0.2, 0) is 11.3 Å². The average molecular weight is 335 g/mol. The van der Waals surface area contributed by atoms with Gasteiger partial charge in [-0.1, -0.05) is 30.3 Å². The number of nitrogens with zero attached hydrogens (tertiary/aromatic N) is 3. The maximum atomic E-state index is 12.1. The van der Waals surface area contributed by atoms with Gasteiger partial charge >= 0.3 is 5.97 Å². The molecule has 1 atom stereocenters. The molecule has 2 heterocycles. The fourth-order valence-corrected chi connectivity index (χ4v) is 3.12. The molecule has 0 radical (unpaired) electrons. The SMILES string of the molecule is N#Cc1ccc(C(=O)OC[C@@H]2CCCN(Cc3ccccc3)C2)nc1. The fourth-order valence-electron chi connectivity index (χ4n) is 3.12. The summed E-state index contributed by atoms with van der Waals surface area (Å²) in [5.74, 6) is -0.0792. The van der Waals surface area contributed by atoms with Gasteiger partial charge in [-0.2, -0.15) is 5.26 Å². The minimum Gasteiger partial charge on any atom is -0.461 e. The lowest BCUT2D eigenvalue weighted by molar-refractivity contribution is 0.0341. The van der Waals surface area contributed by atoms with E-state index in [-0.39, 0.29) is 5.69 Å². The maximum Gasteiger partial charge on any atom is 0.356 e. The third kappa shape index (κ3) is 4.88. The van der Waals surface area contributed by atoms with E-state index in [1.54, 1.807) is 6.07 Å². The highest BCUT2D eigenvalue weighted by molar-refractivity contribution is 5.87. The largest absolute Gasteiger partial charge is 0.461 e. The van der Waals surface area contributed by atoms with Gasteiger partial charge in [-0.15, -0.1) is 0 Å². The first-order valence-corrected chi connectivity index (χ1v) is 8.54. The van der Waals surface area contributed by atoms with E-state index >= 15 is 0 Å². The molecule has 1 aliphatic heterocycles. The number of piperidine rings is 1. The summed E-state index contributed by atoms with van der Waals surface area (Å²) in [5, 5.41) is 8.76. The molecule has 2 aromatic rings. The number of benzene rings is 1. The van der Waals surface area contributed by atoms with E-state index in [0.29, 0.717) is 18.1 Å². The Morgan fingerprint density at radius 3 is 2.84 bits per heavy atom. The number of likely N-dealkylation sites (tertiary alicyclic amines) is 1. The molecule has 25 heavy (non-hydrogen) atoms. The van der Waals surface area contributed by atoms with Crippen LogP contribution in [0, 0.1) is 17.2 Å². The summed E-state index contributed by atoms with van der Waals surface area (Å²) in [6.45, 7) is 3.35. The predicted molar refractivity (Wildman–Crippen MR) is 93.7 cm³/mol. The lowest BCUT2D eigenvalue weighted by Gasteiger charge is -2.32. The Labute approximate surface area is 147 Å². The molecular formula is C20H21N3O2. The zero-order valence-electron chi connectivity index (χ0n) is 14.1. The smallest absolute Gasteiger partial charge is 0.356 e. The number of hydrogen-bond acceptors (Lipinski definition) is 5. The second-order valence-electron chi connectivity index (χ2n) is 6.37. The highest BCUT2D eigenvalue weighted by atomic mass is 16.5. The number of hydrogen-bond donors (Lipinski definition) is 0. The molecule has 1 saturated heterocycles. The summed E-state index contributed by atoms with van der Waals surface area (Å²) in [4.78, 5) is 18.5. The molecule has 0 amide bonds. The number of aromatic nitrogens is 1. The number of nitriles is 1. The molecule has 0 unspecified atom stereocenters. The lowest BCUT2D eigenvalue weighted by atomic mass is 9.98. The van der Waals surface area contributed by atoms with Crippen LogP contribution in [0.4, 0.5) is 0 Å². The van der Waals surface area contributed by atoms with Gasteiger partial charge in [0, 0.05) is 25.2 Å². The van der Waals surface area contributed by atoms with Crippen LogP contribution in [-0.4, -0.2) is 35.5 Å². The van der Waals surface area contributed by atoms with E-state index in [9.17, 15) is 4.79 Å². The number of ether oxygens (including phenoxy) is 1. The highest BCUT2D eigenvalue weighted by Crippen LogP contribution is 2.19. The molecule has 1 aliphatic rings. The van der Waals surface area contributed by atoms with Gasteiger partial charge in [-0.05, 0) is 37.1 Å². The molecule has 1 aromatic heterocycles. The molecule has 0 bridgehead atoms. The quantitative estimate of drug-likeness (QED) is 0.786. The summed E-state index contributed by atoms with van der Waals surface area (Å²) in [5.41, 5.74) is 1.98. The summed E-state index contributed by atoms with van der Waals surface area (Å²) in [6.07, 6.45) is 3.57. The second-order valence-corrected chi connectivity index (χ2v) is 6.37. The van der Waals surface area contributed by atoms with Crippen molar-refractivity contribution in [3.05, 3.63) is 65.5 Å². The van der Waals surface area contributed by atoms with Crippen molar-refractivity contribution < 1.29 is 9.53 Å². The average Bonchev–Trinajstić information content (AvgIpc) is 2.67. The van der Waals surface area contributed by atoms with Gasteiger partial charge in [-0.25, -0.2) is 9.78 Å². The number of pyridine rings is 1. The summed E-state index contributed by atoms with van der Waals surface area (Å²) < 4.78 is 5.43.